The fraction of sp³-hybridized carbons (Fsp3) is 0. The molecule has 1 saturated heterocycles. The molecule has 6 nitrogen and oxygen atoms in total. The molecule has 1 fully saturated rings. The van der Waals surface area contributed by atoms with Crippen molar-refractivity contribution in [2.75, 3.05) is 4.90 Å². The average Bonchev–Trinajstić information content (AvgIpc) is 2.98. The molecule has 7 heteroatoms. The largest absolute Gasteiger partial charge is 0.267 e. The highest BCUT2D eigenvalue weighted by Gasteiger charge is 2.38. The van der Waals surface area contributed by atoms with Crippen molar-refractivity contribution >= 4 is 46.6 Å². The zero-order valence-electron chi connectivity index (χ0n) is 14.8. The molecule has 2 aromatic carbocycles. The predicted octanol–water partition coefficient (Wildman–Crippen LogP) is 4.23. The van der Waals surface area contributed by atoms with Crippen molar-refractivity contribution in [3.63, 3.8) is 0 Å². The number of aromatic nitrogens is 1. The summed E-state index contributed by atoms with van der Waals surface area (Å²) in [5.41, 5.74) is 2.20. The van der Waals surface area contributed by atoms with Crippen LogP contribution in [-0.4, -0.2) is 33.0 Å². The fourth-order valence-corrected chi connectivity index (χ4v) is 3.02. The first-order chi connectivity index (χ1) is 13.7. The Balaban J connectivity index is 1.76. The molecule has 0 spiro atoms. The van der Waals surface area contributed by atoms with E-state index in [-0.39, 0.29) is 5.96 Å². The highest BCUT2D eigenvalue weighted by Crippen LogP contribution is 2.25. The van der Waals surface area contributed by atoms with Crippen molar-refractivity contribution < 1.29 is 0 Å². The number of aliphatic imine (C=N–C) groups is 1. The van der Waals surface area contributed by atoms with Gasteiger partial charge in [-0.25, -0.2) is 4.99 Å². The van der Waals surface area contributed by atoms with E-state index in [1.165, 1.54) is 5.01 Å². The molecule has 4 rings (SSSR count). The van der Waals surface area contributed by atoms with Gasteiger partial charge in [-0.3, -0.25) is 15.3 Å². The van der Waals surface area contributed by atoms with E-state index in [1.807, 2.05) is 78.9 Å². The van der Waals surface area contributed by atoms with Crippen LogP contribution in [0.5, 0.6) is 0 Å². The summed E-state index contributed by atoms with van der Waals surface area (Å²) in [6.07, 6.45) is 3.28. The predicted molar refractivity (Wildman–Crippen MR) is 116 cm³/mol. The summed E-state index contributed by atoms with van der Waals surface area (Å²) in [6, 6.07) is 24.6. The summed E-state index contributed by atoms with van der Waals surface area (Å²) in [4.78, 5) is 10.9. The third-order valence-electron chi connectivity index (χ3n) is 4.01. The molecule has 0 atom stereocenters. The number of pyridine rings is 1. The number of anilines is 1. The molecule has 3 aromatic rings. The molecular weight excluding hydrogens is 368 g/mol. The van der Waals surface area contributed by atoms with Crippen molar-refractivity contribution in [1.82, 2.24) is 9.99 Å². The number of rotatable bonds is 4. The maximum atomic E-state index is 8.64. The monoisotopic (exact) mass is 384 g/mol. The Labute approximate surface area is 168 Å². The van der Waals surface area contributed by atoms with Crippen LogP contribution in [0.1, 0.15) is 5.69 Å². The van der Waals surface area contributed by atoms with Crippen molar-refractivity contribution in [2.45, 2.75) is 0 Å². The molecule has 0 unspecified atom stereocenters. The van der Waals surface area contributed by atoms with Gasteiger partial charge in [-0.1, -0.05) is 54.7 Å². The normalized spacial score (nSPS) is 15.8. The van der Waals surface area contributed by atoms with Crippen LogP contribution in [0.15, 0.2) is 95.2 Å². The van der Waals surface area contributed by atoms with Crippen molar-refractivity contribution in [1.29, 1.82) is 5.41 Å². The lowest BCUT2D eigenvalue weighted by atomic mass is 10.3. The zero-order valence-corrected chi connectivity index (χ0v) is 15.6. The maximum Gasteiger partial charge on any atom is 0.231 e. The lowest BCUT2D eigenvalue weighted by Crippen LogP contribution is -2.31. The number of thiocarbonyl (C=S) groups is 1. The van der Waals surface area contributed by atoms with Crippen LogP contribution in [0.3, 0.4) is 0 Å². The summed E-state index contributed by atoms with van der Waals surface area (Å²) in [5, 5.41) is 14.5. The zero-order chi connectivity index (χ0) is 19.3. The Bertz CT molecular complexity index is 1050. The second-order valence-corrected chi connectivity index (χ2v) is 6.27. The van der Waals surface area contributed by atoms with Gasteiger partial charge in [0.05, 0.1) is 23.3 Å². The first kappa shape index (κ1) is 17.7. The number of amidine groups is 1. The van der Waals surface area contributed by atoms with E-state index in [9.17, 15) is 0 Å². The molecule has 0 aliphatic carbocycles. The summed E-state index contributed by atoms with van der Waals surface area (Å²) < 4.78 is 0. The van der Waals surface area contributed by atoms with Crippen molar-refractivity contribution in [2.24, 2.45) is 10.1 Å². The van der Waals surface area contributed by atoms with Gasteiger partial charge in [-0.05, 0) is 36.4 Å². The third kappa shape index (κ3) is 3.56. The van der Waals surface area contributed by atoms with Gasteiger partial charge in [0.25, 0.3) is 0 Å². The van der Waals surface area contributed by atoms with Gasteiger partial charge in [-0.15, -0.1) is 0 Å². The van der Waals surface area contributed by atoms with Crippen LogP contribution in [0.2, 0.25) is 0 Å². The number of para-hydroxylation sites is 2. The lowest BCUT2D eigenvalue weighted by Gasteiger charge is -2.16. The second-order valence-electron chi connectivity index (χ2n) is 5.88. The van der Waals surface area contributed by atoms with Gasteiger partial charge in [0, 0.05) is 6.20 Å². The van der Waals surface area contributed by atoms with Crippen LogP contribution in [-0.2, 0) is 0 Å². The van der Waals surface area contributed by atoms with Crippen molar-refractivity contribution in [3.8, 4) is 0 Å². The van der Waals surface area contributed by atoms with E-state index < -0.39 is 0 Å². The van der Waals surface area contributed by atoms with Gasteiger partial charge < -0.3 is 0 Å². The average molecular weight is 384 g/mol. The van der Waals surface area contributed by atoms with Gasteiger partial charge in [0.2, 0.25) is 5.96 Å². The van der Waals surface area contributed by atoms with E-state index in [2.05, 4.69) is 15.1 Å². The molecule has 0 bridgehead atoms. The Morgan fingerprint density at radius 2 is 1.57 bits per heavy atom. The molecular formula is C21H16N6S. The minimum atomic E-state index is 0.109. The molecule has 2 heterocycles. The van der Waals surface area contributed by atoms with E-state index in [1.54, 1.807) is 17.3 Å². The molecule has 1 aliphatic heterocycles. The van der Waals surface area contributed by atoms with Gasteiger partial charge in [0.15, 0.2) is 10.8 Å². The summed E-state index contributed by atoms with van der Waals surface area (Å²) in [6.45, 7) is 0. The van der Waals surface area contributed by atoms with Gasteiger partial charge in [-0.2, -0.15) is 10.1 Å². The molecule has 136 valence electrons. The van der Waals surface area contributed by atoms with E-state index in [0.717, 1.165) is 11.4 Å². The molecule has 0 amide bonds. The number of hydrogen-bond acceptors (Lipinski definition) is 5. The van der Waals surface area contributed by atoms with E-state index in [4.69, 9.17) is 17.6 Å². The number of hydrazone groups is 1. The van der Waals surface area contributed by atoms with Crippen LogP contribution in [0.4, 0.5) is 11.4 Å². The van der Waals surface area contributed by atoms with E-state index >= 15 is 0 Å². The maximum absolute atomic E-state index is 8.64. The van der Waals surface area contributed by atoms with Gasteiger partial charge in [0.1, 0.15) is 0 Å². The number of hydrogen-bond donors (Lipinski definition) is 1. The molecule has 1 aliphatic rings. The summed E-state index contributed by atoms with van der Waals surface area (Å²) in [7, 11) is 0. The minimum Gasteiger partial charge on any atom is -0.267 e. The quantitative estimate of drug-likeness (QED) is 0.540. The summed E-state index contributed by atoms with van der Waals surface area (Å²) in [5.74, 6) is 0.528. The first-order valence-corrected chi connectivity index (χ1v) is 9.02. The molecule has 28 heavy (non-hydrogen) atoms. The SMILES string of the molecule is N=C1N(/N=C/c2ccccn2)C(=Nc2ccccc2)C(=S)N1c1ccccc1. The summed E-state index contributed by atoms with van der Waals surface area (Å²) >= 11 is 5.65. The Hall–Kier alpha value is -3.71. The number of benzene rings is 2. The Kier molecular flexibility index (Phi) is 4.99. The first-order valence-electron chi connectivity index (χ1n) is 8.61. The molecule has 1 aromatic heterocycles. The highest BCUT2D eigenvalue weighted by atomic mass is 32.1. The fourth-order valence-electron chi connectivity index (χ4n) is 2.70. The van der Waals surface area contributed by atoms with Crippen LogP contribution < -0.4 is 4.90 Å². The topological polar surface area (TPSA) is 67.9 Å². The Morgan fingerprint density at radius 3 is 2.25 bits per heavy atom. The highest BCUT2D eigenvalue weighted by molar-refractivity contribution is 7.82. The Morgan fingerprint density at radius 1 is 0.893 bits per heavy atom. The van der Waals surface area contributed by atoms with Crippen molar-refractivity contribution in [3.05, 3.63) is 90.8 Å². The molecule has 0 radical (unpaired) electrons. The smallest absolute Gasteiger partial charge is 0.231 e. The van der Waals surface area contributed by atoms with E-state index in [0.29, 0.717) is 16.5 Å². The third-order valence-corrected chi connectivity index (χ3v) is 4.37. The standard InChI is InChI=1S/C21H16N6S/c22-21-26(18-12-5-2-6-13-18)20(28)19(25-16-9-3-1-4-10-16)27(21)24-15-17-11-7-8-14-23-17/h1-15,22H/b22-21?,24-15+,25-19?. The number of guanidine groups is 1. The second kappa shape index (κ2) is 7.89. The molecule has 0 saturated carbocycles. The minimum absolute atomic E-state index is 0.109. The number of nitrogens with one attached hydrogen (secondary N) is 1. The van der Waals surface area contributed by atoms with Crippen LogP contribution in [0.25, 0.3) is 0 Å². The van der Waals surface area contributed by atoms with Crippen LogP contribution in [0, 0.1) is 5.41 Å². The lowest BCUT2D eigenvalue weighted by molar-refractivity contribution is 0.671. The number of nitrogens with zero attached hydrogens (tertiary/aromatic N) is 5. The van der Waals surface area contributed by atoms with Crippen LogP contribution >= 0.6 is 12.2 Å². The molecule has 1 N–H and O–H groups in total. The van der Waals surface area contributed by atoms with Gasteiger partial charge >= 0.3 is 0 Å².